The molecule has 0 bridgehead atoms. The molecule has 2 aromatic rings. The van der Waals surface area contributed by atoms with Crippen molar-refractivity contribution in [3.05, 3.63) is 60.2 Å². The molecule has 1 saturated carbocycles. The summed E-state index contributed by atoms with van der Waals surface area (Å²) < 4.78 is 4.08. The third kappa shape index (κ3) is 14.7. The number of nitrogens with two attached hydrogens (primary N) is 3. The van der Waals surface area contributed by atoms with E-state index in [0.717, 1.165) is 11.8 Å². The van der Waals surface area contributed by atoms with Crippen LogP contribution in [0.3, 0.4) is 0 Å². The summed E-state index contributed by atoms with van der Waals surface area (Å²) in [6.45, 7) is 0.501. The lowest BCUT2D eigenvalue weighted by Gasteiger charge is -2.15. The lowest BCUT2D eigenvalue weighted by molar-refractivity contribution is -0.152. The Labute approximate surface area is 218 Å². The van der Waals surface area contributed by atoms with Gasteiger partial charge in [-0.1, -0.05) is 73.9 Å². The van der Waals surface area contributed by atoms with Gasteiger partial charge >= 0.3 is 17.9 Å². The fourth-order valence-corrected chi connectivity index (χ4v) is 3.41. The molecule has 1 saturated heterocycles. The summed E-state index contributed by atoms with van der Waals surface area (Å²) in [5, 5.41) is 8.24. The molecular weight excluding hydrogens is 474 g/mol. The molecule has 9 heteroatoms. The minimum Gasteiger partial charge on any atom is -0.480 e. The Morgan fingerprint density at radius 1 is 0.946 bits per heavy atom. The van der Waals surface area contributed by atoms with Gasteiger partial charge in [-0.15, -0.1) is 0 Å². The Bertz CT molecular complexity index is 930. The molecule has 1 aliphatic carbocycles. The first kappa shape index (κ1) is 31.6. The molecule has 2 fully saturated rings. The Balaban J connectivity index is 0.000000260. The fraction of sp³-hybridized carbons (Fsp3) is 0.429. The molecule has 0 radical (unpaired) electrons. The van der Waals surface area contributed by atoms with Gasteiger partial charge in [0.15, 0.2) is 0 Å². The average molecular weight is 514 g/mol. The number of cyclic esters (lactones) is 2. The Kier molecular flexibility index (Phi) is 16.1. The highest BCUT2D eigenvalue weighted by atomic mass is 16.6. The molecule has 0 amide bonds. The van der Waals surface area contributed by atoms with E-state index in [1.165, 1.54) is 37.7 Å². The van der Waals surface area contributed by atoms with Crippen molar-refractivity contribution in [1.29, 1.82) is 0 Å². The number of carboxylic acids is 1. The van der Waals surface area contributed by atoms with E-state index in [1.54, 1.807) is 0 Å². The third-order valence-electron chi connectivity index (χ3n) is 5.60. The van der Waals surface area contributed by atoms with Crippen molar-refractivity contribution in [2.24, 2.45) is 17.2 Å². The van der Waals surface area contributed by atoms with E-state index in [-0.39, 0.29) is 12.8 Å². The molecule has 1 aliphatic heterocycles. The van der Waals surface area contributed by atoms with Gasteiger partial charge in [-0.05, 0) is 43.4 Å². The summed E-state index contributed by atoms with van der Waals surface area (Å²) in [6, 6.07) is 17.5. The highest BCUT2D eigenvalue weighted by Crippen LogP contribution is 2.18. The summed E-state index contributed by atoms with van der Waals surface area (Å²) in [5.74, 6) is -1.75. The van der Waals surface area contributed by atoms with Crippen LogP contribution in [0.2, 0.25) is 0 Å². The van der Waals surface area contributed by atoms with Crippen molar-refractivity contribution < 1.29 is 29.0 Å². The van der Waals surface area contributed by atoms with Crippen LogP contribution in [-0.4, -0.2) is 47.9 Å². The molecule has 1 heterocycles. The Hall–Kier alpha value is -3.40. The third-order valence-corrected chi connectivity index (χ3v) is 5.60. The summed E-state index contributed by atoms with van der Waals surface area (Å²) in [6.07, 6.45) is 9.18. The van der Waals surface area contributed by atoms with Crippen LogP contribution < -0.4 is 17.2 Å². The van der Waals surface area contributed by atoms with Crippen molar-refractivity contribution in [2.75, 3.05) is 6.54 Å². The van der Waals surface area contributed by atoms with Crippen LogP contribution in [0.25, 0.3) is 11.1 Å². The van der Waals surface area contributed by atoms with Crippen molar-refractivity contribution in [3.63, 3.8) is 0 Å². The maximum absolute atomic E-state index is 10.5. The molecule has 2 aliphatic rings. The number of carbonyl (C=O) groups is 4. The van der Waals surface area contributed by atoms with Gasteiger partial charge in [-0.25, -0.2) is 0 Å². The van der Waals surface area contributed by atoms with Crippen LogP contribution in [0.4, 0.5) is 0 Å². The largest absolute Gasteiger partial charge is 0.480 e. The van der Waals surface area contributed by atoms with Gasteiger partial charge in [0.25, 0.3) is 0 Å². The second-order valence-corrected chi connectivity index (χ2v) is 8.73. The van der Waals surface area contributed by atoms with Crippen molar-refractivity contribution in [3.8, 4) is 11.1 Å². The first-order valence-electron chi connectivity index (χ1n) is 12.5. The summed E-state index contributed by atoms with van der Waals surface area (Å²) in [4.78, 5) is 40.5. The monoisotopic (exact) mass is 513 g/mol. The quantitative estimate of drug-likeness (QED) is 0.256. The average Bonchev–Trinajstić information content (AvgIpc) is 3.31. The highest BCUT2D eigenvalue weighted by molar-refractivity contribution is 5.92. The molecule has 0 unspecified atom stereocenters. The lowest BCUT2D eigenvalue weighted by Crippen LogP contribution is -2.30. The maximum atomic E-state index is 10.5. The second kappa shape index (κ2) is 18.8. The lowest BCUT2D eigenvalue weighted by atomic mass is 9.97. The highest BCUT2D eigenvalue weighted by Gasteiger charge is 2.19. The SMILES string of the molecule is NC1CCCCC1.NCCC[C@H](N)C(=O)O.O=C1CCC(=O)O1.O=Cc1ccc(-c2ccccc2)cc1. The van der Waals surface area contributed by atoms with Gasteiger partial charge in [0, 0.05) is 11.6 Å². The zero-order valence-electron chi connectivity index (χ0n) is 21.2. The minimum absolute atomic E-state index is 0.263. The number of aliphatic carboxylic acids is 1. The molecule has 4 rings (SSSR count). The van der Waals surface area contributed by atoms with Crippen molar-refractivity contribution in [1.82, 2.24) is 0 Å². The zero-order chi connectivity index (χ0) is 27.5. The van der Waals surface area contributed by atoms with Gasteiger partial charge in [0.05, 0.1) is 12.8 Å². The molecule has 202 valence electrons. The molecule has 0 spiro atoms. The van der Waals surface area contributed by atoms with Crippen LogP contribution in [-0.2, 0) is 19.1 Å². The summed E-state index contributed by atoms with van der Waals surface area (Å²) in [5.41, 5.74) is 18.9. The van der Waals surface area contributed by atoms with Crippen LogP contribution in [0.5, 0.6) is 0 Å². The number of carboxylic acid groups (broad SMARTS) is 1. The van der Waals surface area contributed by atoms with E-state index in [2.05, 4.69) is 16.9 Å². The predicted molar refractivity (Wildman–Crippen MR) is 143 cm³/mol. The molecule has 1 atom stereocenters. The summed E-state index contributed by atoms with van der Waals surface area (Å²) in [7, 11) is 0. The number of ether oxygens (including phenoxy) is 1. The molecular formula is C28H39N3O6. The van der Waals surface area contributed by atoms with E-state index in [4.69, 9.17) is 22.3 Å². The number of carbonyl (C=O) groups excluding carboxylic acids is 3. The van der Waals surface area contributed by atoms with Gasteiger partial charge < -0.3 is 27.0 Å². The van der Waals surface area contributed by atoms with Crippen LogP contribution in [0, 0.1) is 0 Å². The van der Waals surface area contributed by atoms with Gasteiger partial charge in [-0.2, -0.15) is 0 Å². The topological polar surface area (TPSA) is 176 Å². The number of hydrogen-bond acceptors (Lipinski definition) is 8. The van der Waals surface area contributed by atoms with Gasteiger partial charge in [0.2, 0.25) is 0 Å². The second-order valence-electron chi connectivity index (χ2n) is 8.73. The number of hydrogen-bond donors (Lipinski definition) is 4. The fourth-order valence-electron chi connectivity index (χ4n) is 3.41. The number of aldehydes is 1. The number of benzene rings is 2. The van der Waals surface area contributed by atoms with Crippen molar-refractivity contribution in [2.45, 2.75) is 69.9 Å². The molecule has 7 N–H and O–H groups in total. The molecule has 0 aromatic heterocycles. The van der Waals surface area contributed by atoms with Crippen molar-refractivity contribution >= 4 is 24.2 Å². The summed E-state index contributed by atoms with van der Waals surface area (Å²) >= 11 is 0. The standard InChI is InChI=1S/C13H10O.C6H13N.C5H12N2O2.C4H4O3/c14-10-11-6-8-13(9-7-11)12-4-2-1-3-5-12;7-6-4-2-1-3-5-6;6-3-1-2-4(7)5(8)9;5-3-1-2-4(6)7-3/h1-10H;6H,1-5,7H2;4H,1-3,6-7H2,(H,8,9);1-2H2/t;;4-;/m..0./s1. The van der Waals surface area contributed by atoms with E-state index in [9.17, 15) is 19.2 Å². The van der Waals surface area contributed by atoms with E-state index < -0.39 is 23.9 Å². The minimum atomic E-state index is -0.955. The molecule has 37 heavy (non-hydrogen) atoms. The van der Waals surface area contributed by atoms with Crippen LogP contribution in [0.1, 0.15) is 68.1 Å². The Morgan fingerprint density at radius 3 is 1.86 bits per heavy atom. The van der Waals surface area contributed by atoms with E-state index in [1.807, 2.05) is 42.5 Å². The Morgan fingerprint density at radius 2 is 1.49 bits per heavy atom. The van der Waals surface area contributed by atoms with Crippen LogP contribution >= 0.6 is 0 Å². The smallest absolute Gasteiger partial charge is 0.320 e. The van der Waals surface area contributed by atoms with E-state index >= 15 is 0 Å². The van der Waals surface area contributed by atoms with Gasteiger partial charge in [-0.3, -0.25) is 19.2 Å². The van der Waals surface area contributed by atoms with Crippen LogP contribution in [0.15, 0.2) is 54.6 Å². The maximum Gasteiger partial charge on any atom is 0.320 e. The predicted octanol–water partition coefficient (Wildman–Crippen LogP) is 3.43. The number of rotatable bonds is 6. The first-order chi connectivity index (χ1) is 17.8. The normalized spacial score (nSPS) is 15.4. The van der Waals surface area contributed by atoms with Gasteiger partial charge in [0.1, 0.15) is 12.3 Å². The zero-order valence-corrected chi connectivity index (χ0v) is 21.2. The number of esters is 2. The van der Waals surface area contributed by atoms with E-state index in [0.29, 0.717) is 31.0 Å². The molecule has 2 aromatic carbocycles. The first-order valence-corrected chi connectivity index (χ1v) is 12.5. The molecule has 9 nitrogen and oxygen atoms in total.